The van der Waals surface area contributed by atoms with Crippen LogP contribution in [-0.4, -0.2) is 17.0 Å². The lowest BCUT2D eigenvalue weighted by molar-refractivity contribution is 1.10. The predicted molar refractivity (Wildman–Crippen MR) is 70.5 cm³/mol. The number of hydrogen-bond acceptors (Lipinski definition) is 5. The van der Waals surface area contributed by atoms with E-state index in [1.807, 2.05) is 44.3 Å². The Bertz CT molecular complexity index is 507. The van der Waals surface area contributed by atoms with Gasteiger partial charge >= 0.3 is 0 Å². The molecule has 2 aromatic rings. The van der Waals surface area contributed by atoms with Gasteiger partial charge in [0.1, 0.15) is 5.82 Å². The Kier molecular flexibility index (Phi) is 3.09. The van der Waals surface area contributed by atoms with Crippen LogP contribution in [0.1, 0.15) is 5.69 Å². The van der Waals surface area contributed by atoms with Gasteiger partial charge in [0, 0.05) is 30.2 Å². The second-order valence-electron chi connectivity index (χ2n) is 3.72. The summed E-state index contributed by atoms with van der Waals surface area (Å²) in [5.74, 6) is 1.36. The van der Waals surface area contributed by atoms with Gasteiger partial charge in [-0.05, 0) is 31.2 Å². The summed E-state index contributed by atoms with van der Waals surface area (Å²) >= 11 is 0. The summed E-state index contributed by atoms with van der Waals surface area (Å²) in [6, 6.07) is 9.32. The van der Waals surface area contributed by atoms with Crippen molar-refractivity contribution in [2.45, 2.75) is 6.92 Å². The Labute approximate surface area is 100 Å². The zero-order valence-corrected chi connectivity index (χ0v) is 9.86. The van der Waals surface area contributed by atoms with Crippen LogP contribution >= 0.6 is 0 Å². The van der Waals surface area contributed by atoms with Gasteiger partial charge in [-0.1, -0.05) is 0 Å². The predicted octanol–water partition coefficient (Wildman–Crippen LogP) is 2.15. The van der Waals surface area contributed by atoms with E-state index >= 15 is 0 Å². The topological polar surface area (TPSA) is 75.9 Å². The number of benzene rings is 1. The van der Waals surface area contributed by atoms with Gasteiger partial charge < -0.3 is 16.4 Å². The fourth-order valence-corrected chi connectivity index (χ4v) is 1.45. The quantitative estimate of drug-likeness (QED) is 0.703. The van der Waals surface area contributed by atoms with Gasteiger partial charge in [-0.3, -0.25) is 0 Å². The number of anilines is 4. The molecule has 0 aliphatic heterocycles. The molecule has 88 valence electrons. The molecule has 17 heavy (non-hydrogen) atoms. The lowest BCUT2D eigenvalue weighted by Crippen LogP contribution is -2.02. The third-order valence-electron chi connectivity index (χ3n) is 2.28. The lowest BCUT2D eigenvalue weighted by atomic mass is 10.3. The van der Waals surface area contributed by atoms with Crippen molar-refractivity contribution in [3.8, 4) is 0 Å². The van der Waals surface area contributed by atoms with Crippen LogP contribution in [0, 0.1) is 6.92 Å². The second kappa shape index (κ2) is 4.69. The minimum absolute atomic E-state index is 0.569. The average Bonchev–Trinajstić information content (AvgIpc) is 2.31. The third-order valence-corrected chi connectivity index (χ3v) is 2.28. The molecule has 0 unspecified atom stereocenters. The molecule has 2 rings (SSSR count). The van der Waals surface area contributed by atoms with E-state index in [0.29, 0.717) is 5.95 Å². The number of nitrogens with one attached hydrogen (secondary N) is 2. The molecule has 0 spiro atoms. The second-order valence-corrected chi connectivity index (χ2v) is 3.72. The van der Waals surface area contributed by atoms with Crippen molar-refractivity contribution in [1.82, 2.24) is 9.97 Å². The molecule has 1 heterocycles. The summed E-state index contributed by atoms with van der Waals surface area (Å²) < 4.78 is 0. The first-order chi connectivity index (χ1) is 8.17. The summed E-state index contributed by atoms with van der Waals surface area (Å²) in [5.41, 5.74) is 8.17. The smallest absolute Gasteiger partial charge is 0.229 e. The van der Waals surface area contributed by atoms with Crippen molar-refractivity contribution in [3.05, 3.63) is 36.0 Å². The van der Waals surface area contributed by atoms with Gasteiger partial charge in [0.15, 0.2) is 0 Å². The minimum atomic E-state index is 0.569. The van der Waals surface area contributed by atoms with Crippen LogP contribution < -0.4 is 16.4 Å². The van der Waals surface area contributed by atoms with Crippen molar-refractivity contribution < 1.29 is 0 Å². The van der Waals surface area contributed by atoms with E-state index in [2.05, 4.69) is 20.6 Å². The standard InChI is InChI=1S/C12H15N5/c1-8-7-11(14-2)17-12(15-8)16-10-5-3-9(13)4-6-10/h3-7H,13H2,1-2H3,(H2,14,15,16,17). The van der Waals surface area contributed by atoms with E-state index in [4.69, 9.17) is 5.73 Å². The Morgan fingerprint density at radius 2 is 1.82 bits per heavy atom. The van der Waals surface area contributed by atoms with Crippen molar-refractivity contribution in [2.75, 3.05) is 23.4 Å². The van der Waals surface area contributed by atoms with Crippen LogP contribution in [0.3, 0.4) is 0 Å². The number of nitrogens with two attached hydrogens (primary N) is 1. The molecule has 1 aromatic heterocycles. The first kappa shape index (κ1) is 11.2. The molecule has 0 saturated heterocycles. The van der Waals surface area contributed by atoms with Crippen LogP contribution in [0.2, 0.25) is 0 Å². The van der Waals surface area contributed by atoms with Crippen molar-refractivity contribution in [3.63, 3.8) is 0 Å². The van der Waals surface area contributed by atoms with Crippen molar-refractivity contribution >= 4 is 23.1 Å². The van der Waals surface area contributed by atoms with E-state index in [-0.39, 0.29) is 0 Å². The van der Waals surface area contributed by atoms with Gasteiger partial charge in [-0.25, -0.2) is 4.98 Å². The Morgan fingerprint density at radius 3 is 2.47 bits per heavy atom. The molecule has 1 aromatic carbocycles. The first-order valence-electron chi connectivity index (χ1n) is 5.33. The number of nitrogens with zero attached hydrogens (tertiary/aromatic N) is 2. The lowest BCUT2D eigenvalue weighted by Gasteiger charge is -2.07. The van der Waals surface area contributed by atoms with Gasteiger partial charge in [0.2, 0.25) is 5.95 Å². The zero-order chi connectivity index (χ0) is 12.3. The molecule has 5 heteroatoms. The monoisotopic (exact) mass is 229 g/mol. The molecule has 5 nitrogen and oxygen atoms in total. The summed E-state index contributed by atoms with van der Waals surface area (Å²) in [6.07, 6.45) is 0. The number of hydrogen-bond donors (Lipinski definition) is 3. The number of nitrogen functional groups attached to an aromatic ring is 1. The molecule has 0 fully saturated rings. The largest absolute Gasteiger partial charge is 0.399 e. The molecule has 4 N–H and O–H groups in total. The Hall–Kier alpha value is -2.30. The summed E-state index contributed by atoms with van der Waals surface area (Å²) in [6.45, 7) is 1.93. The molecular formula is C12H15N5. The van der Waals surface area contributed by atoms with Crippen LogP contribution in [0.5, 0.6) is 0 Å². The van der Waals surface area contributed by atoms with Gasteiger partial charge in [-0.15, -0.1) is 0 Å². The van der Waals surface area contributed by atoms with Crippen LogP contribution in [0.25, 0.3) is 0 Å². The first-order valence-corrected chi connectivity index (χ1v) is 5.33. The molecule has 0 radical (unpaired) electrons. The van der Waals surface area contributed by atoms with E-state index in [1.54, 1.807) is 0 Å². The van der Waals surface area contributed by atoms with E-state index in [0.717, 1.165) is 22.9 Å². The maximum Gasteiger partial charge on any atom is 0.229 e. The number of aryl methyl sites for hydroxylation is 1. The minimum Gasteiger partial charge on any atom is -0.399 e. The number of aromatic nitrogens is 2. The highest BCUT2D eigenvalue weighted by molar-refractivity contribution is 5.58. The molecule has 0 bridgehead atoms. The van der Waals surface area contributed by atoms with Crippen LogP contribution in [0.15, 0.2) is 30.3 Å². The SMILES string of the molecule is CNc1cc(C)nc(Nc2ccc(N)cc2)n1. The molecule has 0 atom stereocenters. The van der Waals surface area contributed by atoms with Gasteiger partial charge in [0.25, 0.3) is 0 Å². The molecule has 0 aliphatic rings. The molecule has 0 saturated carbocycles. The zero-order valence-electron chi connectivity index (χ0n) is 9.86. The highest BCUT2D eigenvalue weighted by Gasteiger charge is 2.01. The maximum absolute atomic E-state index is 5.62. The summed E-state index contributed by atoms with van der Waals surface area (Å²) in [7, 11) is 1.83. The third kappa shape index (κ3) is 2.84. The van der Waals surface area contributed by atoms with Crippen molar-refractivity contribution in [1.29, 1.82) is 0 Å². The number of rotatable bonds is 3. The van der Waals surface area contributed by atoms with E-state index in [1.165, 1.54) is 0 Å². The van der Waals surface area contributed by atoms with Crippen LogP contribution in [-0.2, 0) is 0 Å². The van der Waals surface area contributed by atoms with Crippen LogP contribution in [0.4, 0.5) is 23.1 Å². The summed E-state index contributed by atoms with van der Waals surface area (Å²) in [4.78, 5) is 8.61. The highest BCUT2D eigenvalue weighted by atomic mass is 15.1. The highest BCUT2D eigenvalue weighted by Crippen LogP contribution is 2.16. The van der Waals surface area contributed by atoms with Gasteiger partial charge in [-0.2, -0.15) is 4.98 Å². The summed E-state index contributed by atoms with van der Waals surface area (Å²) in [5, 5.41) is 6.12. The normalized spacial score (nSPS) is 10.0. The van der Waals surface area contributed by atoms with Gasteiger partial charge in [0.05, 0.1) is 0 Å². The van der Waals surface area contributed by atoms with Crippen molar-refractivity contribution in [2.24, 2.45) is 0 Å². The Morgan fingerprint density at radius 1 is 1.12 bits per heavy atom. The molecular weight excluding hydrogens is 214 g/mol. The maximum atomic E-state index is 5.62. The fourth-order valence-electron chi connectivity index (χ4n) is 1.45. The molecule has 0 aliphatic carbocycles. The average molecular weight is 229 g/mol. The van der Waals surface area contributed by atoms with E-state index < -0.39 is 0 Å². The molecule has 0 amide bonds. The Balaban J connectivity index is 2.23. The van der Waals surface area contributed by atoms with E-state index in [9.17, 15) is 0 Å². The fraction of sp³-hybridized carbons (Fsp3) is 0.167.